The zero-order valence-electron chi connectivity index (χ0n) is 11.0. The Labute approximate surface area is 111 Å². The second-order valence-corrected chi connectivity index (χ2v) is 5.20. The molecule has 0 aromatic heterocycles. The van der Waals surface area contributed by atoms with E-state index in [1.807, 2.05) is 13.8 Å². The van der Waals surface area contributed by atoms with Crippen LogP contribution in [0.25, 0.3) is 0 Å². The Bertz CT molecular complexity index is 471. The molecule has 0 aliphatic rings. The number of nitro benzene ring substituents is 1. The summed E-state index contributed by atoms with van der Waals surface area (Å²) in [6.45, 7) is 4.00. The number of aliphatic hydroxyl groups excluding tert-OH is 1. The zero-order chi connectivity index (χ0) is 14.5. The normalized spacial score (nSPS) is 11.1. The van der Waals surface area contributed by atoms with Crippen molar-refractivity contribution in [1.29, 1.82) is 0 Å². The Morgan fingerprint density at radius 1 is 1.47 bits per heavy atom. The van der Waals surface area contributed by atoms with Gasteiger partial charge in [-0.2, -0.15) is 0 Å². The van der Waals surface area contributed by atoms with E-state index in [1.54, 1.807) is 12.1 Å². The Balaban J connectivity index is 2.58. The van der Waals surface area contributed by atoms with Crippen LogP contribution in [0, 0.1) is 15.5 Å². The third-order valence-corrected chi connectivity index (χ3v) is 2.68. The first-order chi connectivity index (χ1) is 8.84. The van der Waals surface area contributed by atoms with Gasteiger partial charge in [0.05, 0.1) is 11.3 Å². The molecule has 0 saturated heterocycles. The molecular weight excluding hydrogens is 248 g/mol. The molecule has 1 aromatic carbocycles. The minimum Gasteiger partial charge on any atom is -0.396 e. The number of nitro groups is 1. The van der Waals surface area contributed by atoms with Gasteiger partial charge in [0, 0.05) is 30.7 Å². The van der Waals surface area contributed by atoms with Crippen LogP contribution in [0.5, 0.6) is 0 Å². The second kappa shape index (κ2) is 6.29. The highest BCUT2D eigenvalue weighted by Gasteiger charge is 2.17. The van der Waals surface area contributed by atoms with Crippen LogP contribution in [0.15, 0.2) is 24.3 Å². The lowest BCUT2D eigenvalue weighted by molar-refractivity contribution is -0.384. The van der Waals surface area contributed by atoms with Crippen LogP contribution in [0.4, 0.5) is 5.69 Å². The molecule has 0 aliphatic carbocycles. The highest BCUT2D eigenvalue weighted by molar-refractivity contribution is 5.78. The summed E-state index contributed by atoms with van der Waals surface area (Å²) in [5, 5.41) is 22.4. The van der Waals surface area contributed by atoms with E-state index in [1.165, 1.54) is 12.1 Å². The number of non-ortho nitro benzene ring substituents is 1. The van der Waals surface area contributed by atoms with E-state index in [0.29, 0.717) is 12.1 Å². The molecule has 1 aromatic rings. The maximum Gasteiger partial charge on any atom is 0.269 e. The van der Waals surface area contributed by atoms with Gasteiger partial charge in [-0.1, -0.05) is 26.0 Å². The van der Waals surface area contributed by atoms with Gasteiger partial charge < -0.3 is 10.4 Å². The number of carbonyl (C=O) groups excluding carboxylic acids is 1. The van der Waals surface area contributed by atoms with Crippen LogP contribution >= 0.6 is 0 Å². The van der Waals surface area contributed by atoms with E-state index < -0.39 is 4.92 Å². The van der Waals surface area contributed by atoms with Crippen molar-refractivity contribution in [2.75, 3.05) is 13.2 Å². The molecular formula is C13H18N2O4. The SMILES string of the molecule is CC(C)(CO)CNC(=O)Cc1cccc([N+](=O)[O-])c1. The molecule has 0 aliphatic heterocycles. The van der Waals surface area contributed by atoms with Gasteiger partial charge in [-0.3, -0.25) is 14.9 Å². The van der Waals surface area contributed by atoms with Crippen LogP contribution in [0.3, 0.4) is 0 Å². The maximum atomic E-state index is 11.7. The highest BCUT2D eigenvalue weighted by atomic mass is 16.6. The lowest BCUT2D eigenvalue weighted by Gasteiger charge is -2.21. The monoisotopic (exact) mass is 266 g/mol. The van der Waals surface area contributed by atoms with Crippen molar-refractivity contribution in [3.05, 3.63) is 39.9 Å². The summed E-state index contributed by atoms with van der Waals surface area (Å²) < 4.78 is 0. The molecule has 0 unspecified atom stereocenters. The maximum absolute atomic E-state index is 11.7. The summed E-state index contributed by atoms with van der Waals surface area (Å²) in [6, 6.07) is 6.00. The first-order valence-corrected chi connectivity index (χ1v) is 5.95. The van der Waals surface area contributed by atoms with Gasteiger partial charge in [0.15, 0.2) is 0 Å². The Kier molecular flexibility index (Phi) is 5.00. The van der Waals surface area contributed by atoms with Gasteiger partial charge >= 0.3 is 0 Å². The molecule has 6 heteroatoms. The molecule has 0 heterocycles. The third-order valence-electron chi connectivity index (χ3n) is 2.68. The summed E-state index contributed by atoms with van der Waals surface area (Å²) in [4.78, 5) is 21.8. The summed E-state index contributed by atoms with van der Waals surface area (Å²) in [6.07, 6.45) is 0.0865. The predicted molar refractivity (Wildman–Crippen MR) is 70.7 cm³/mol. The van der Waals surface area contributed by atoms with Crippen molar-refractivity contribution in [2.45, 2.75) is 20.3 Å². The van der Waals surface area contributed by atoms with Crippen LogP contribution in [0.1, 0.15) is 19.4 Å². The predicted octanol–water partition coefficient (Wildman–Crippen LogP) is 1.27. The number of hydrogen-bond acceptors (Lipinski definition) is 4. The van der Waals surface area contributed by atoms with Gasteiger partial charge in [0.25, 0.3) is 5.69 Å². The number of rotatable bonds is 6. The number of benzene rings is 1. The summed E-state index contributed by atoms with van der Waals surface area (Å²) in [5.41, 5.74) is 0.188. The van der Waals surface area contributed by atoms with Gasteiger partial charge in [0.1, 0.15) is 0 Å². The van der Waals surface area contributed by atoms with Gasteiger partial charge in [0.2, 0.25) is 5.91 Å². The van der Waals surface area contributed by atoms with Crippen LogP contribution < -0.4 is 5.32 Å². The molecule has 0 radical (unpaired) electrons. The molecule has 104 valence electrons. The molecule has 0 fully saturated rings. The Morgan fingerprint density at radius 3 is 2.74 bits per heavy atom. The third kappa shape index (κ3) is 5.05. The van der Waals surface area contributed by atoms with Crippen LogP contribution in [0.2, 0.25) is 0 Å². The quantitative estimate of drug-likeness (QED) is 0.599. The first kappa shape index (κ1) is 15.1. The molecule has 1 amide bonds. The van der Waals surface area contributed by atoms with Crippen molar-refractivity contribution in [1.82, 2.24) is 5.32 Å². The fourth-order valence-electron chi connectivity index (χ4n) is 1.42. The van der Waals surface area contributed by atoms with Gasteiger partial charge in [-0.15, -0.1) is 0 Å². The minimum atomic E-state index is -0.490. The van der Waals surface area contributed by atoms with Gasteiger partial charge in [-0.05, 0) is 5.56 Å². The first-order valence-electron chi connectivity index (χ1n) is 5.95. The van der Waals surface area contributed by atoms with Crippen molar-refractivity contribution in [3.63, 3.8) is 0 Å². The van der Waals surface area contributed by atoms with Crippen LogP contribution in [-0.2, 0) is 11.2 Å². The van der Waals surface area contributed by atoms with E-state index in [4.69, 9.17) is 5.11 Å². The number of amides is 1. The van der Waals surface area contributed by atoms with E-state index in [2.05, 4.69) is 5.32 Å². The van der Waals surface area contributed by atoms with Crippen molar-refractivity contribution >= 4 is 11.6 Å². The smallest absolute Gasteiger partial charge is 0.269 e. The largest absolute Gasteiger partial charge is 0.396 e. The zero-order valence-corrected chi connectivity index (χ0v) is 11.0. The fraction of sp³-hybridized carbons (Fsp3) is 0.462. The van der Waals surface area contributed by atoms with Crippen molar-refractivity contribution < 1.29 is 14.8 Å². The number of nitrogens with one attached hydrogen (secondary N) is 1. The average molecular weight is 266 g/mol. The Hall–Kier alpha value is -1.95. The van der Waals surface area contributed by atoms with E-state index in [0.717, 1.165) is 0 Å². The molecule has 2 N–H and O–H groups in total. The molecule has 0 atom stereocenters. The fourth-order valence-corrected chi connectivity index (χ4v) is 1.42. The average Bonchev–Trinajstić information content (AvgIpc) is 2.37. The summed E-state index contributed by atoms with van der Waals surface area (Å²) in [7, 11) is 0. The number of aliphatic hydroxyl groups is 1. The summed E-state index contributed by atoms with van der Waals surface area (Å²) in [5.74, 6) is -0.220. The topological polar surface area (TPSA) is 92.5 Å². The molecule has 0 bridgehead atoms. The number of hydrogen-bond donors (Lipinski definition) is 2. The highest BCUT2D eigenvalue weighted by Crippen LogP contribution is 2.14. The molecule has 1 rings (SSSR count). The number of carbonyl (C=O) groups is 1. The molecule has 0 saturated carbocycles. The molecule has 0 spiro atoms. The second-order valence-electron chi connectivity index (χ2n) is 5.20. The van der Waals surface area contributed by atoms with E-state index >= 15 is 0 Å². The lowest BCUT2D eigenvalue weighted by Crippen LogP contribution is -2.36. The standard InChI is InChI=1S/C13H18N2O4/c1-13(2,9-16)8-14-12(17)7-10-4-3-5-11(6-10)15(18)19/h3-6,16H,7-9H2,1-2H3,(H,14,17). The Morgan fingerprint density at radius 2 is 2.16 bits per heavy atom. The van der Waals surface area contributed by atoms with Crippen molar-refractivity contribution in [3.8, 4) is 0 Å². The summed E-state index contributed by atoms with van der Waals surface area (Å²) >= 11 is 0. The molecule has 6 nitrogen and oxygen atoms in total. The van der Waals surface area contributed by atoms with Crippen molar-refractivity contribution in [2.24, 2.45) is 5.41 Å². The van der Waals surface area contributed by atoms with Gasteiger partial charge in [-0.25, -0.2) is 0 Å². The van der Waals surface area contributed by atoms with E-state index in [-0.39, 0.29) is 30.0 Å². The minimum absolute atomic E-state index is 0.0237. The lowest BCUT2D eigenvalue weighted by atomic mass is 9.95. The van der Waals surface area contributed by atoms with Crippen LogP contribution in [-0.4, -0.2) is 29.1 Å². The van der Waals surface area contributed by atoms with E-state index in [9.17, 15) is 14.9 Å². The number of nitrogens with zero attached hydrogens (tertiary/aromatic N) is 1. The molecule has 19 heavy (non-hydrogen) atoms.